The Bertz CT molecular complexity index is 494. The van der Waals surface area contributed by atoms with Gasteiger partial charge in [0.05, 0.1) is 12.3 Å². The monoisotopic (exact) mass is 338 g/mol. The summed E-state index contributed by atoms with van der Waals surface area (Å²) in [4.78, 5) is 14.8. The van der Waals surface area contributed by atoms with Gasteiger partial charge in [0, 0.05) is 6.54 Å². The number of hydrogen-bond donors (Lipinski definition) is 2. The summed E-state index contributed by atoms with van der Waals surface area (Å²) in [6, 6.07) is 3.91. The molecule has 2 N–H and O–H groups in total. The van der Waals surface area contributed by atoms with E-state index in [2.05, 4.69) is 10.2 Å². The lowest BCUT2D eigenvalue weighted by atomic mass is 9.95. The number of likely N-dealkylation sites (tertiary alicyclic amines) is 1. The van der Waals surface area contributed by atoms with E-state index in [-0.39, 0.29) is 11.9 Å². The Hall–Kier alpha value is -0.980. The summed E-state index contributed by atoms with van der Waals surface area (Å²) in [5, 5.41) is 13.5. The molecule has 128 valence electrons. The van der Waals surface area contributed by atoms with Crippen molar-refractivity contribution in [3.63, 3.8) is 0 Å². The van der Waals surface area contributed by atoms with Crippen LogP contribution >= 0.6 is 11.8 Å². The van der Waals surface area contributed by atoms with E-state index < -0.39 is 5.60 Å². The van der Waals surface area contributed by atoms with Gasteiger partial charge in [-0.15, -0.1) is 0 Å². The average Bonchev–Trinajstić information content (AvgIpc) is 3.11. The van der Waals surface area contributed by atoms with E-state index in [1.54, 1.807) is 18.0 Å². The molecule has 5 nitrogen and oxygen atoms in total. The van der Waals surface area contributed by atoms with Crippen molar-refractivity contribution in [3.05, 3.63) is 24.2 Å². The van der Waals surface area contributed by atoms with Crippen LogP contribution in [0.5, 0.6) is 0 Å². The van der Waals surface area contributed by atoms with Gasteiger partial charge in [-0.2, -0.15) is 11.8 Å². The Kier molecular flexibility index (Phi) is 5.67. The Morgan fingerprint density at radius 2 is 2.09 bits per heavy atom. The number of carbonyl (C=O) groups excluding carboxylic acids is 1. The molecule has 1 amide bonds. The third-order valence-electron chi connectivity index (χ3n) is 4.90. The van der Waals surface area contributed by atoms with Gasteiger partial charge >= 0.3 is 0 Å². The molecular weight excluding hydrogens is 312 g/mol. The molecule has 0 bridgehead atoms. The third kappa shape index (κ3) is 4.11. The first-order valence-corrected chi connectivity index (χ1v) is 9.70. The molecule has 1 unspecified atom stereocenters. The van der Waals surface area contributed by atoms with E-state index in [1.165, 1.54) is 19.3 Å². The number of rotatable bonds is 5. The van der Waals surface area contributed by atoms with Gasteiger partial charge < -0.3 is 14.8 Å². The highest BCUT2D eigenvalue weighted by molar-refractivity contribution is 7.99. The van der Waals surface area contributed by atoms with Crippen LogP contribution in [0.25, 0.3) is 0 Å². The minimum atomic E-state index is -1.19. The quantitative estimate of drug-likeness (QED) is 0.861. The fourth-order valence-corrected chi connectivity index (χ4v) is 4.58. The van der Waals surface area contributed by atoms with Gasteiger partial charge in [0.25, 0.3) is 5.91 Å². The van der Waals surface area contributed by atoms with Crippen LogP contribution in [0.4, 0.5) is 0 Å². The summed E-state index contributed by atoms with van der Waals surface area (Å²) in [7, 11) is 0. The van der Waals surface area contributed by atoms with Crippen molar-refractivity contribution in [2.75, 3.05) is 31.1 Å². The van der Waals surface area contributed by atoms with Crippen molar-refractivity contribution in [1.82, 2.24) is 10.2 Å². The lowest BCUT2D eigenvalue weighted by Gasteiger charge is -2.35. The molecule has 0 aliphatic carbocycles. The lowest BCUT2D eigenvalue weighted by molar-refractivity contribution is -0.140. The molecule has 23 heavy (non-hydrogen) atoms. The molecule has 1 aromatic heterocycles. The second-order valence-electron chi connectivity index (χ2n) is 6.48. The highest BCUT2D eigenvalue weighted by Gasteiger charge is 2.38. The number of hydrogen-bond acceptors (Lipinski definition) is 5. The molecule has 2 fully saturated rings. The zero-order valence-corrected chi connectivity index (χ0v) is 14.3. The van der Waals surface area contributed by atoms with Gasteiger partial charge in [-0.3, -0.25) is 9.69 Å². The maximum absolute atomic E-state index is 12.5. The molecular formula is C17H26N2O3S. The first-order valence-electron chi connectivity index (χ1n) is 8.55. The van der Waals surface area contributed by atoms with E-state index >= 15 is 0 Å². The second-order valence-corrected chi connectivity index (χ2v) is 7.71. The van der Waals surface area contributed by atoms with Crippen LogP contribution in [0.3, 0.4) is 0 Å². The summed E-state index contributed by atoms with van der Waals surface area (Å²) in [5.41, 5.74) is -1.19. The smallest absolute Gasteiger partial charge is 0.252 e. The van der Waals surface area contributed by atoms with Gasteiger partial charge in [-0.25, -0.2) is 0 Å². The Morgan fingerprint density at radius 1 is 1.35 bits per heavy atom. The highest BCUT2D eigenvalue weighted by Crippen LogP contribution is 2.28. The predicted octanol–water partition coefficient (Wildman–Crippen LogP) is 2.18. The zero-order valence-electron chi connectivity index (χ0n) is 13.5. The number of thioether (sulfide) groups is 1. The molecule has 3 rings (SSSR count). The molecule has 6 heteroatoms. The molecule has 1 aromatic rings. The van der Waals surface area contributed by atoms with Crippen LogP contribution in [0.15, 0.2) is 22.8 Å². The topological polar surface area (TPSA) is 65.7 Å². The van der Waals surface area contributed by atoms with E-state index in [0.717, 1.165) is 30.4 Å². The van der Waals surface area contributed by atoms with E-state index in [0.29, 0.717) is 19.4 Å². The fourth-order valence-electron chi connectivity index (χ4n) is 3.41. The van der Waals surface area contributed by atoms with Gasteiger partial charge in [0.1, 0.15) is 11.4 Å². The van der Waals surface area contributed by atoms with Crippen molar-refractivity contribution in [2.45, 2.75) is 43.7 Å². The number of nitrogens with zero attached hydrogens (tertiary/aromatic N) is 1. The minimum Gasteiger partial charge on any atom is -0.468 e. The summed E-state index contributed by atoms with van der Waals surface area (Å²) >= 11 is 1.80. The molecule has 2 aliphatic rings. The van der Waals surface area contributed by atoms with E-state index in [9.17, 15) is 9.90 Å². The third-order valence-corrected chi connectivity index (χ3v) is 5.89. The first-order chi connectivity index (χ1) is 11.2. The van der Waals surface area contributed by atoms with Crippen molar-refractivity contribution < 1.29 is 14.3 Å². The SMILES string of the molecule is O=C(NCC(c1ccco1)N1CCCCC1)C1(O)CCSCC1. The Labute approximate surface area is 141 Å². The molecule has 1 atom stereocenters. The normalized spacial score (nSPS) is 23.3. The molecule has 3 heterocycles. The summed E-state index contributed by atoms with van der Waals surface area (Å²) in [6.07, 6.45) is 6.40. The predicted molar refractivity (Wildman–Crippen MR) is 91.4 cm³/mol. The number of furan rings is 1. The molecule has 0 aromatic carbocycles. The summed E-state index contributed by atoms with van der Waals surface area (Å²) in [5.74, 6) is 2.35. The van der Waals surface area contributed by atoms with Crippen molar-refractivity contribution in [1.29, 1.82) is 0 Å². The standard InChI is InChI=1S/C17H26N2O3S/c20-16(17(21)6-11-23-12-7-17)18-13-14(15-5-4-10-22-15)19-8-2-1-3-9-19/h4-5,10,14,21H,1-3,6-9,11-13H2,(H,18,20). The van der Waals surface area contributed by atoms with Gasteiger partial charge in [-0.1, -0.05) is 6.42 Å². The van der Waals surface area contributed by atoms with Crippen LogP contribution < -0.4 is 5.32 Å². The van der Waals surface area contributed by atoms with Gasteiger partial charge in [0.2, 0.25) is 0 Å². The summed E-state index contributed by atoms with van der Waals surface area (Å²) in [6.45, 7) is 2.55. The van der Waals surface area contributed by atoms with E-state index in [1.807, 2.05) is 12.1 Å². The maximum atomic E-state index is 12.5. The molecule has 0 saturated carbocycles. The van der Waals surface area contributed by atoms with Gasteiger partial charge in [-0.05, 0) is 62.4 Å². The van der Waals surface area contributed by atoms with Crippen molar-refractivity contribution in [3.8, 4) is 0 Å². The van der Waals surface area contributed by atoms with Gasteiger partial charge in [0.15, 0.2) is 0 Å². The van der Waals surface area contributed by atoms with Crippen molar-refractivity contribution in [2.24, 2.45) is 0 Å². The molecule has 2 saturated heterocycles. The zero-order chi connectivity index (χ0) is 16.1. The van der Waals surface area contributed by atoms with Crippen LogP contribution in [0, 0.1) is 0 Å². The number of nitrogens with one attached hydrogen (secondary N) is 1. The number of aliphatic hydroxyl groups is 1. The lowest BCUT2D eigenvalue weighted by Crippen LogP contribution is -2.51. The minimum absolute atomic E-state index is 0.0517. The largest absolute Gasteiger partial charge is 0.468 e. The number of carbonyl (C=O) groups is 1. The maximum Gasteiger partial charge on any atom is 0.252 e. The van der Waals surface area contributed by atoms with Crippen LogP contribution in [-0.2, 0) is 4.79 Å². The highest BCUT2D eigenvalue weighted by atomic mass is 32.2. The van der Waals surface area contributed by atoms with Crippen LogP contribution in [0.1, 0.15) is 43.9 Å². The molecule has 0 radical (unpaired) electrons. The second kappa shape index (κ2) is 7.73. The van der Waals surface area contributed by atoms with Crippen LogP contribution in [0.2, 0.25) is 0 Å². The summed E-state index contributed by atoms with van der Waals surface area (Å²) < 4.78 is 5.59. The number of amides is 1. The van der Waals surface area contributed by atoms with Crippen LogP contribution in [-0.4, -0.2) is 52.7 Å². The van der Waals surface area contributed by atoms with E-state index in [4.69, 9.17) is 4.42 Å². The van der Waals surface area contributed by atoms with Crippen molar-refractivity contribution >= 4 is 17.7 Å². The Balaban J connectivity index is 1.63. The fraction of sp³-hybridized carbons (Fsp3) is 0.706. The first kappa shape index (κ1) is 16.9. The molecule has 0 spiro atoms. The average molecular weight is 338 g/mol. The Morgan fingerprint density at radius 3 is 2.74 bits per heavy atom. The molecule has 2 aliphatic heterocycles. The number of piperidine rings is 1.